The van der Waals surface area contributed by atoms with Crippen molar-refractivity contribution in [3.63, 3.8) is 0 Å². The summed E-state index contributed by atoms with van der Waals surface area (Å²) in [6, 6.07) is 1.37. The van der Waals surface area contributed by atoms with E-state index in [-0.39, 0.29) is 5.82 Å². The second-order valence-electron chi connectivity index (χ2n) is 2.72. The molecule has 0 aliphatic carbocycles. The summed E-state index contributed by atoms with van der Waals surface area (Å²) in [5, 5.41) is 10.2. The molecule has 4 N–H and O–H groups in total. The molecule has 0 aliphatic heterocycles. The van der Waals surface area contributed by atoms with Crippen LogP contribution in [0, 0.1) is 18.2 Å². The van der Waals surface area contributed by atoms with Crippen molar-refractivity contribution in [3.05, 3.63) is 23.0 Å². The zero-order valence-corrected chi connectivity index (χ0v) is 10.6. The van der Waals surface area contributed by atoms with Crippen LogP contribution in [0.4, 0.5) is 15.8 Å². The van der Waals surface area contributed by atoms with E-state index in [0.29, 0.717) is 28.9 Å². The van der Waals surface area contributed by atoms with Gasteiger partial charge in [-0.3, -0.25) is 0 Å². The number of rotatable bonds is 3. The lowest BCUT2D eigenvalue weighted by molar-refractivity contribution is 0.620. The van der Waals surface area contributed by atoms with Gasteiger partial charge in [-0.15, -0.1) is 0 Å². The zero-order chi connectivity index (χ0) is 10.7. The first kappa shape index (κ1) is 11.7. The van der Waals surface area contributed by atoms with E-state index in [4.69, 9.17) is 11.1 Å². The third kappa shape index (κ3) is 2.15. The molecule has 0 bridgehead atoms. The van der Waals surface area contributed by atoms with Gasteiger partial charge < -0.3 is 16.2 Å². The molecule has 0 amide bonds. The number of benzene rings is 1. The lowest BCUT2D eigenvalue weighted by Gasteiger charge is -2.12. The standard InChI is InChI=1S/C8H10FIN3P/c1-4-6(9)2-7(13-14-10)5(3-11)8(4)12/h2-3,11,13-14H,12H2,1H3. The molecule has 76 valence electrons. The Kier molecular flexibility index (Phi) is 4.07. The Balaban J connectivity index is 3.35. The van der Waals surface area contributed by atoms with Gasteiger partial charge in [0.2, 0.25) is 0 Å². The predicted octanol–water partition coefficient (Wildman–Crippen LogP) is 3.07. The average molecular weight is 325 g/mol. The minimum Gasteiger partial charge on any atom is -0.398 e. The molecular weight excluding hydrogens is 315 g/mol. The lowest BCUT2D eigenvalue weighted by Crippen LogP contribution is -2.02. The molecule has 1 aromatic carbocycles. The van der Waals surface area contributed by atoms with Crippen molar-refractivity contribution < 1.29 is 4.39 Å². The minimum absolute atomic E-state index is 0.331. The second kappa shape index (κ2) is 4.89. The first-order chi connectivity index (χ1) is 6.61. The zero-order valence-electron chi connectivity index (χ0n) is 7.49. The maximum Gasteiger partial charge on any atom is 0.130 e. The SMILES string of the molecule is Cc1c(F)cc(NPI)c(C=N)c1N. The van der Waals surface area contributed by atoms with Gasteiger partial charge in [-0.05, 0) is 35.0 Å². The first-order valence-electron chi connectivity index (χ1n) is 3.82. The van der Waals surface area contributed by atoms with E-state index in [9.17, 15) is 4.39 Å². The number of nitrogens with one attached hydrogen (secondary N) is 2. The number of nitrogen functional groups attached to an aromatic ring is 1. The second-order valence-corrected chi connectivity index (χ2v) is 4.78. The summed E-state index contributed by atoms with van der Waals surface area (Å²) < 4.78 is 13.3. The van der Waals surface area contributed by atoms with E-state index in [0.717, 1.165) is 6.21 Å². The van der Waals surface area contributed by atoms with E-state index < -0.39 is 0 Å². The molecule has 0 spiro atoms. The summed E-state index contributed by atoms with van der Waals surface area (Å²) in [7, 11) is 0. The Labute approximate surface area is 96.5 Å². The Bertz CT molecular complexity index is 370. The van der Waals surface area contributed by atoms with Crippen molar-refractivity contribution in [2.24, 2.45) is 0 Å². The van der Waals surface area contributed by atoms with Crippen LogP contribution in [-0.4, -0.2) is 6.21 Å². The predicted molar refractivity (Wildman–Crippen MR) is 69.4 cm³/mol. The molecule has 0 aliphatic rings. The van der Waals surface area contributed by atoms with Gasteiger partial charge >= 0.3 is 0 Å². The lowest BCUT2D eigenvalue weighted by atomic mass is 10.1. The highest BCUT2D eigenvalue weighted by Gasteiger charge is 2.10. The molecule has 0 saturated heterocycles. The molecule has 6 heteroatoms. The molecule has 1 unspecified atom stereocenters. The van der Waals surface area contributed by atoms with Crippen LogP contribution in [0.25, 0.3) is 0 Å². The summed E-state index contributed by atoms with van der Waals surface area (Å²) >= 11 is 2.13. The highest BCUT2D eigenvalue weighted by Crippen LogP contribution is 2.31. The van der Waals surface area contributed by atoms with Gasteiger partial charge in [0, 0.05) is 29.4 Å². The molecule has 0 saturated carbocycles. The maximum atomic E-state index is 13.3. The third-order valence-electron chi connectivity index (χ3n) is 1.94. The topological polar surface area (TPSA) is 61.9 Å². The molecule has 1 atom stereocenters. The highest BCUT2D eigenvalue weighted by atomic mass is 127. The van der Waals surface area contributed by atoms with Crippen molar-refractivity contribution in [3.8, 4) is 0 Å². The van der Waals surface area contributed by atoms with Crippen LogP contribution >= 0.6 is 28.4 Å². The van der Waals surface area contributed by atoms with Crippen LogP contribution in [0.5, 0.6) is 0 Å². The highest BCUT2D eigenvalue weighted by molar-refractivity contribution is 14.2. The summed E-state index contributed by atoms with van der Waals surface area (Å²) in [4.78, 5) is 0. The molecule has 1 aromatic rings. The fourth-order valence-electron chi connectivity index (χ4n) is 1.10. The summed E-state index contributed by atoms with van der Waals surface area (Å²) in [5.41, 5.74) is 7.55. The van der Waals surface area contributed by atoms with Crippen molar-refractivity contribution in [2.75, 3.05) is 10.8 Å². The van der Waals surface area contributed by atoms with E-state index in [2.05, 4.69) is 27.1 Å². The number of nitrogens with two attached hydrogens (primary N) is 1. The smallest absolute Gasteiger partial charge is 0.130 e. The molecule has 0 aromatic heterocycles. The molecule has 0 fully saturated rings. The fourth-order valence-corrected chi connectivity index (χ4v) is 2.28. The molecule has 14 heavy (non-hydrogen) atoms. The normalized spacial score (nSPS) is 10.8. The molecule has 3 nitrogen and oxygen atoms in total. The number of anilines is 2. The molecule has 0 radical (unpaired) electrons. The van der Waals surface area contributed by atoms with E-state index in [1.54, 1.807) is 6.92 Å². The van der Waals surface area contributed by atoms with Gasteiger partial charge in [-0.25, -0.2) is 4.39 Å². The van der Waals surface area contributed by atoms with Crippen molar-refractivity contribution in [1.29, 1.82) is 5.41 Å². The van der Waals surface area contributed by atoms with Crippen molar-refractivity contribution >= 4 is 46.0 Å². The van der Waals surface area contributed by atoms with Gasteiger partial charge in [0.05, 0.1) is 5.69 Å². The van der Waals surface area contributed by atoms with Gasteiger partial charge in [-0.2, -0.15) is 0 Å². The third-order valence-corrected chi connectivity index (χ3v) is 3.11. The van der Waals surface area contributed by atoms with Crippen LogP contribution in [0.3, 0.4) is 0 Å². The molecular formula is C8H10FIN3P. The summed E-state index contributed by atoms with van der Waals surface area (Å²) in [5.74, 6) is -0.342. The summed E-state index contributed by atoms with van der Waals surface area (Å²) in [6.07, 6.45) is 1.56. The monoisotopic (exact) mass is 325 g/mol. The van der Waals surface area contributed by atoms with Crippen LogP contribution in [0.1, 0.15) is 11.1 Å². The van der Waals surface area contributed by atoms with Crippen molar-refractivity contribution in [2.45, 2.75) is 6.92 Å². The quantitative estimate of drug-likeness (QED) is 0.346. The average Bonchev–Trinajstić information content (AvgIpc) is 2.16. The number of halogens is 2. The largest absolute Gasteiger partial charge is 0.398 e. The maximum absolute atomic E-state index is 13.3. The van der Waals surface area contributed by atoms with E-state index in [1.165, 1.54) is 6.07 Å². The summed E-state index contributed by atoms with van der Waals surface area (Å²) in [6.45, 7) is 1.60. The Morgan fingerprint density at radius 1 is 1.71 bits per heavy atom. The number of hydrogen-bond acceptors (Lipinski definition) is 3. The van der Waals surface area contributed by atoms with Gasteiger partial charge in [0.15, 0.2) is 0 Å². The van der Waals surface area contributed by atoms with E-state index >= 15 is 0 Å². The van der Waals surface area contributed by atoms with Gasteiger partial charge in [-0.1, -0.05) is 0 Å². The van der Waals surface area contributed by atoms with Crippen LogP contribution in [0.2, 0.25) is 0 Å². The Morgan fingerprint density at radius 2 is 2.36 bits per heavy atom. The Morgan fingerprint density at radius 3 is 2.86 bits per heavy atom. The number of hydrogen-bond donors (Lipinski definition) is 3. The minimum atomic E-state index is -0.342. The molecule has 1 rings (SSSR count). The van der Waals surface area contributed by atoms with Crippen LogP contribution < -0.4 is 10.8 Å². The first-order valence-corrected chi connectivity index (χ1v) is 7.94. The van der Waals surface area contributed by atoms with Crippen molar-refractivity contribution in [1.82, 2.24) is 0 Å². The Hall–Kier alpha value is -0.420. The fraction of sp³-hybridized carbons (Fsp3) is 0.125. The molecule has 0 heterocycles. The van der Waals surface area contributed by atoms with E-state index in [1.807, 2.05) is 0 Å². The van der Waals surface area contributed by atoms with Gasteiger partial charge in [0.1, 0.15) is 5.82 Å². The van der Waals surface area contributed by atoms with Crippen LogP contribution in [0.15, 0.2) is 6.07 Å². The van der Waals surface area contributed by atoms with Crippen LogP contribution in [-0.2, 0) is 0 Å². The van der Waals surface area contributed by atoms with Gasteiger partial charge in [0.25, 0.3) is 0 Å².